The fraction of sp³-hybridized carbons (Fsp3) is 0.867. The fourth-order valence-corrected chi connectivity index (χ4v) is 2.40. The molecule has 2 atom stereocenters. The lowest BCUT2D eigenvalue weighted by molar-refractivity contribution is -0.144. The second-order valence-electron chi connectivity index (χ2n) is 5.61. The largest absolute Gasteiger partial charge is 0.372 e. The molecule has 0 aromatic rings. The Labute approximate surface area is 127 Å². The number of nitrogens with one attached hydrogen (secondary N) is 1. The number of methoxy groups -OCH3 is 1. The van der Waals surface area contributed by atoms with Gasteiger partial charge in [0.1, 0.15) is 6.10 Å². The maximum absolute atomic E-state index is 12.2. The topological polar surface area (TPSA) is 61.9 Å². The highest BCUT2D eigenvalue weighted by atomic mass is 16.5. The lowest BCUT2D eigenvalue weighted by atomic mass is 10.2. The molecule has 1 N–H and O–H groups in total. The van der Waals surface area contributed by atoms with E-state index in [0.29, 0.717) is 26.1 Å². The summed E-state index contributed by atoms with van der Waals surface area (Å²) in [4.78, 5) is 27.9. The molecule has 1 saturated heterocycles. The molecule has 0 aromatic carbocycles. The van der Waals surface area contributed by atoms with Crippen molar-refractivity contribution in [3.05, 3.63) is 0 Å². The predicted molar refractivity (Wildman–Crippen MR) is 82.0 cm³/mol. The van der Waals surface area contributed by atoms with Gasteiger partial charge < -0.3 is 15.0 Å². The van der Waals surface area contributed by atoms with Gasteiger partial charge in [-0.2, -0.15) is 0 Å². The second kappa shape index (κ2) is 9.00. The van der Waals surface area contributed by atoms with Crippen molar-refractivity contribution >= 4 is 11.8 Å². The minimum Gasteiger partial charge on any atom is -0.372 e. The Hall–Kier alpha value is -1.14. The second-order valence-corrected chi connectivity index (χ2v) is 5.61. The Morgan fingerprint density at radius 2 is 1.76 bits per heavy atom. The van der Waals surface area contributed by atoms with Crippen molar-refractivity contribution in [2.45, 2.75) is 45.8 Å². The summed E-state index contributed by atoms with van der Waals surface area (Å²) in [7, 11) is 1.57. The Bertz CT molecular complexity index is 337. The van der Waals surface area contributed by atoms with Crippen LogP contribution in [-0.4, -0.2) is 73.6 Å². The molecule has 1 fully saturated rings. The summed E-state index contributed by atoms with van der Waals surface area (Å²) in [6.07, 6.45) is 1.28. The van der Waals surface area contributed by atoms with Crippen molar-refractivity contribution in [1.82, 2.24) is 15.1 Å². The van der Waals surface area contributed by atoms with Gasteiger partial charge in [-0.15, -0.1) is 0 Å². The number of hydrogen-bond donors (Lipinski definition) is 1. The highest BCUT2D eigenvalue weighted by Crippen LogP contribution is 2.07. The van der Waals surface area contributed by atoms with Crippen LogP contribution in [0.1, 0.15) is 33.6 Å². The lowest BCUT2D eigenvalue weighted by Crippen LogP contribution is -2.53. The third-order valence-electron chi connectivity index (χ3n) is 4.00. The molecule has 1 heterocycles. The zero-order valence-corrected chi connectivity index (χ0v) is 13.7. The summed E-state index contributed by atoms with van der Waals surface area (Å²) in [6.45, 7) is 9.21. The predicted octanol–water partition coefficient (Wildman–Crippen LogP) is 0.470. The molecule has 0 unspecified atom stereocenters. The van der Waals surface area contributed by atoms with Gasteiger partial charge in [0, 0.05) is 39.3 Å². The molecule has 0 spiro atoms. The van der Waals surface area contributed by atoms with E-state index in [0.717, 1.165) is 19.5 Å². The number of amides is 2. The molecule has 21 heavy (non-hydrogen) atoms. The molecule has 2 amide bonds. The summed E-state index contributed by atoms with van der Waals surface area (Å²) < 4.78 is 5.19. The first-order chi connectivity index (χ1) is 10.0. The smallest absolute Gasteiger partial charge is 0.251 e. The van der Waals surface area contributed by atoms with Crippen LogP contribution < -0.4 is 5.32 Å². The molecule has 1 rings (SSSR count). The third-order valence-corrected chi connectivity index (χ3v) is 4.00. The van der Waals surface area contributed by atoms with Crippen LogP contribution in [0.25, 0.3) is 0 Å². The van der Waals surface area contributed by atoms with Crippen molar-refractivity contribution in [1.29, 1.82) is 0 Å². The van der Waals surface area contributed by atoms with E-state index in [1.165, 1.54) is 0 Å². The van der Waals surface area contributed by atoms with Gasteiger partial charge in [-0.3, -0.25) is 14.5 Å². The van der Waals surface area contributed by atoms with Crippen molar-refractivity contribution in [2.24, 2.45) is 0 Å². The Kier molecular flexibility index (Phi) is 7.67. The van der Waals surface area contributed by atoms with E-state index in [9.17, 15) is 9.59 Å². The van der Waals surface area contributed by atoms with Crippen molar-refractivity contribution in [3.63, 3.8) is 0 Å². The molecule has 6 nitrogen and oxygen atoms in total. The lowest BCUT2D eigenvalue weighted by Gasteiger charge is -2.35. The fourth-order valence-electron chi connectivity index (χ4n) is 2.40. The quantitative estimate of drug-likeness (QED) is 0.742. The average Bonchev–Trinajstić information content (AvgIpc) is 2.48. The highest BCUT2D eigenvalue weighted by molar-refractivity contribution is 5.81. The van der Waals surface area contributed by atoms with Crippen LogP contribution in [0.3, 0.4) is 0 Å². The van der Waals surface area contributed by atoms with Crippen molar-refractivity contribution < 1.29 is 14.3 Å². The van der Waals surface area contributed by atoms with Gasteiger partial charge in [-0.1, -0.05) is 13.8 Å². The number of carbonyl (C=O) groups is 2. The Morgan fingerprint density at radius 1 is 1.14 bits per heavy atom. The van der Waals surface area contributed by atoms with Gasteiger partial charge in [-0.05, 0) is 19.8 Å². The number of ether oxygens (including phenoxy) is 1. The van der Waals surface area contributed by atoms with Crippen LogP contribution in [0.4, 0.5) is 0 Å². The first-order valence-electron chi connectivity index (χ1n) is 7.85. The number of piperazine rings is 1. The molecule has 0 aromatic heterocycles. The summed E-state index contributed by atoms with van der Waals surface area (Å²) in [5.74, 6) is 0.121. The van der Waals surface area contributed by atoms with Crippen LogP contribution in [0.15, 0.2) is 0 Å². The molecular formula is C15H29N3O3. The van der Waals surface area contributed by atoms with E-state index in [-0.39, 0.29) is 24.0 Å². The number of hydrogen-bond acceptors (Lipinski definition) is 4. The van der Waals surface area contributed by atoms with E-state index in [2.05, 4.69) is 17.1 Å². The first-order valence-corrected chi connectivity index (χ1v) is 7.85. The van der Waals surface area contributed by atoms with E-state index in [1.807, 2.05) is 18.7 Å². The molecule has 0 saturated carbocycles. The van der Waals surface area contributed by atoms with Gasteiger partial charge in [0.2, 0.25) is 5.91 Å². The first kappa shape index (κ1) is 17.9. The van der Waals surface area contributed by atoms with Gasteiger partial charge in [0.25, 0.3) is 5.91 Å². The molecule has 0 bridgehead atoms. The molecular weight excluding hydrogens is 270 g/mol. The van der Waals surface area contributed by atoms with Gasteiger partial charge in [0.15, 0.2) is 0 Å². The Morgan fingerprint density at radius 3 is 2.24 bits per heavy atom. The van der Waals surface area contributed by atoms with Crippen molar-refractivity contribution in [3.8, 4) is 0 Å². The SMILES string of the molecule is CC[C@H](C)NC(=O)CN1CCN(C(=O)[C@@H](CC)OC)CC1. The summed E-state index contributed by atoms with van der Waals surface area (Å²) in [5, 5.41) is 2.97. The van der Waals surface area contributed by atoms with Gasteiger partial charge in [-0.25, -0.2) is 0 Å². The van der Waals surface area contributed by atoms with E-state index in [4.69, 9.17) is 4.74 Å². The molecule has 6 heteroatoms. The monoisotopic (exact) mass is 299 g/mol. The van der Waals surface area contributed by atoms with E-state index < -0.39 is 0 Å². The minimum atomic E-state index is -0.342. The maximum atomic E-state index is 12.2. The Balaban J connectivity index is 2.35. The van der Waals surface area contributed by atoms with Crippen LogP contribution in [-0.2, 0) is 14.3 Å². The van der Waals surface area contributed by atoms with Crippen LogP contribution in [0.2, 0.25) is 0 Å². The molecule has 0 radical (unpaired) electrons. The molecule has 1 aliphatic rings. The number of rotatable bonds is 7. The van der Waals surface area contributed by atoms with E-state index in [1.54, 1.807) is 7.11 Å². The standard InChI is InChI=1S/C15H29N3O3/c1-5-12(3)16-14(19)11-17-7-9-18(10-8-17)15(20)13(6-2)21-4/h12-13H,5-11H2,1-4H3,(H,16,19)/t12-,13+/m0/s1. The minimum absolute atomic E-state index is 0.0590. The number of carbonyl (C=O) groups excluding carboxylic acids is 2. The van der Waals surface area contributed by atoms with Crippen molar-refractivity contribution in [2.75, 3.05) is 39.8 Å². The number of nitrogens with zero attached hydrogens (tertiary/aromatic N) is 2. The summed E-state index contributed by atoms with van der Waals surface area (Å²) in [6, 6.07) is 0.215. The highest BCUT2D eigenvalue weighted by Gasteiger charge is 2.26. The molecule has 0 aliphatic carbocycles. The third kappa shape index (κ3) is 5.63. The maximum Gasteiger partial charge on any atom is 0.251 e. The van der Waals surface area contributed by atoms with Crippen LogP contribution >= 0.6 is 0 Å². The summed E-state index contributed by atoms with van der Waals surface area (Å²) in [5.41, 5.74) is 0. The zero-order valence-electron chi connectivity index (χ0n) is 13.7. The van der Waals surface area contributed by atoms with Crippen LogP contribution in [0.5, 0.6) is 0 Å². The van der Waals surface area contributed by atoms with Crippen LogP contribution in [0, 0.1) is 0 Å². The normalized spacial score (nSPS) is 19.1. The summed E-state index contributed by atoms with van der Waals surface area (Å²) >= 11 is 0. The zero-order chi connectivity index (χ0) is 15.8. The van der Waals surface area contributed by atoms with Gasteiger partial charge in [0.05, 0.1) is 6.54 Å². The van der Waals surface area contributed by atoms with Gasteiger partial charge >= 0.3 is 0 Å². The molecule has 122 valence electrons. The average molecular weight is 299 g/mol. The molecule has 1 aliphatic heterocycles. The van der Waals surface area contributed by atoms with E-state index >= 15 is 0 Å².